The van der Waals surface area contributed by atoms with Crippen LogP contribution in [-0.2, 0) is 23.6 Å². The van der Waals surface area contributed by atoms with Crippen LogP contribution in [0.25, 0.3) is 16.6 Å². The Bertz CT molecular complexity index is 1820. The first-order valence-electron chi connectivity index (χ1n) is 12.3. The van der Waals surface area contributed by atoms with Gasteiger partial charge in [-0.25, -0.2) is 17.9 Å². The van der Waals surface area contributed by atoms with Gasteiger partial charge in [-0.1, -0.05) is 35.5 Å². The Morgan fingerprint density at radius 1 is 1.13 bits per heavy atom. The van der Waals surface area contributed by atoms with Gasteiger partial charge in [0.15, 0.2) is 0 Å². The SMILES string of the molecule is CN(Cc1cccc(-n2ncc(C(=O)O)c2C2CC2c2cn(C)nn2)c1)S(=O)(=O)c1cccc2cccnc12. The topological polar surface area (TPSA) is 136 Å². The number of para-hydroxylation sites is 1. The molecular formula is C27H25N7O4S. The number of aromatic carboxylic acids is 1. The predicted molar refractivity (Wildman–Crippen MR) is 142 cm³/mol. The number of carbonyl (C=O) groups is 1. The van der Waals surface area contributed by atoms with Gasteiger partial charge < -0.3 is 5.11 Å². The standard InChI is InChI=1S/C27H25N7O4S/c1-32-16-23(30-31-32)20-13-21(20)26-22(27(35)36)14-29-34(26)19-9-3-6-17(12-19)15-33(2)39(37,38)24-10-4-7-18-8-5-11-28-25(18)24/h3-12,14,16,20-21H,13,15H2,1-2H3,(H,35,36). The van der Waals surface area contributed by atoms with Crippen molar-refractivity contribution in [3.05, 3.63) is 95.7 Å². The van der Waals surface area contributed by atoms with Gasteiger partial charge in [0, 0.05) is 50.3 Å². The summed E-state index contributed by atoms with van der Waals surface area (Å²) in [6.45, 7) is 0.105. The van der Waals surface area contributed by atoms with Crippen LogP contribution in [0.5, 0.6) is 0 Å². The van der Waals surface area contributed by atoms with Crippen LogP contribution in [0.3, 0.4) is 0 Å². The molecule has 1 N–H and O–H groups in total. The van der Waals surface area contributed by atoms with E-state index in [9.17, 15) is 18.3 Å². The van der Waals surface area contributed by atoms with Crippen LogP contribution in [-0.4, -0.2) is 60.6 Å². The van der Waals surface area contributed by atoms with Gasteiger partial charge in [-0.05, 0) is 36.2 Å². The summed E-state index contributed by atoms with van der Waals surface area (Å²) in [6, 6.07) is 16.0. The number of aromatic nitrogens is 6. The smallest absolute Gasteiger partial charge is 0.339 e. The molecule has 3 aromatic heterocycles. The summed E-state index contributed by atoms with van der Waals surface area (Å²) in [5.41, 5.74) is 3.35. The van der Waals surface area contributed by atoms with Crippen molar-refractivity contribution >= 4 is 26.9 Å². The Labute approximate surface area is 224 Å². The Balaban J connectivity index is 1.31. The van der Waals surface area contributed by atoms with Crippen LogP contribution in [0.1, 0.15) is 45.6 Å². The molecule has 198 valence electrons. The van der Waals surface area contributed by atoms with E-state index < -0.39 is 16.0 Å². The maximum Gasteiger partial charge on any atom is 0.339 e. The Kier molecular flexibility index (Phi) is 6.00. The van der Waals surface area contributed by atoms with Crippen LogP contribution in [0.4, 0.5) is 0 Å². The number of aryl methyl sites for hydroxylation is 1. The Morgan fingerprint density at radius 2 is 1.92 bits per heavy atom. The molecule has 2 atom stereocenters. The lowest BCUT2D eigenvalue weighted by atomic mass is 10.1. The maximum atomic E-state index is 13.5. The predicted octanol–water partition coefficient (Wildman–Crippen LogP) is 3.34. The molecular weight excluding hydrogens is 518 g/mol. The Morgan fingerprint density at radius 3 is 2.69 bits per heavy atom. The van der Waals surface area contributed by atoms with E-state index in [1.807, 2.05) is 42.6 Å². The lowest BCUT2D eigenvalue weighted by Crippen LogP contribution is -2.27. The van der Waals surface area contributed by atoms with Crippen molar-refractivity contribution in [2.75, 3.05) is 7.05 Å². The van der Waals surface area contributed by atoms with E-state index in [4.69, 9.17) is 0 Å². The minimum absolute atomic E-state index is 0.0565. The van der Waals surface area contributed by atoms with Gasteiger partial charge in [0.25, 0.3) is 0 Å². The largest absolute Gasteiger partial charge is 0.478 e. The summed E-state index contributed by atoms with van der Waals surface area (Å²) >= 11 is 0. The van der Waals surface area contributed by atoms with E-state index in [1.54, 1.807) is 40.8 Å². The normalized spacial score (nSPS) is 17.1. The summed E-state index contributed by atoms with van der Waals surface area (Å²) < 4.78 is 31.5. The quantitative estimate of drug-likeness (QED) is 0.315. The number of hydrogen-bond acceptors (Lipinski definition) is 7. The highest BCUT2D eigenvalue weighted by atomic mass is 32.2. The van der Waals surface area contributed by atoms with Gasteiger partial charge in [-0.2, -0.15) is 9.40 Å². The molecule has 1 aliphatic carbocycles. The second kappa shape index (κ2) is 9.40. The molecule has 1 fully saturated rings. The van der Waals surface area contributed by atoms with Gasteiger partial charge in [0.05, 0.1) is 28.8 Å². The second-order valence-corrected chi connectivity index (χ2v) is 11.7. The summed E-state index contributed by atoms with van der Waals surface area (Å²) in [6.07, 6.45) is 5.52. The highest BCUT2D eigenvalue weighted by molar-refractivity contribution is 7.89. The average Bonchev–Trinajstić information content (AvgIpc) is 3.37. The van der Waals surface area contributed by atoms with E-state index in [0.717, 1.165) is 23.1 Å². The molecule has 39 heavy (non-hydrogen) atoms. The van der Waals surface area contributed by atoms with Crippen LogP contribution >= 0.6 is 0 Å². The third-order valence-electron chi connectivity index (χ3n) is 7.02. The first-order chi connectivity index (χ1) is 18.7. The molecule has 12 heteroatoms. The monoisotopic (exact) mass is 543 g/mol. The van der Waals surface area contributed by atoms with Crippen molar-refractivity contribution in [3.8, 4) is 5.69 Å². The van der Waals surface area contributed by atoms with Gasteiger partial charge in [-0.3, -0.25) is 9.67 Å². The Hall–Kier alpha value is -4.42. The number of benzene rings is 2. The minimum Gasteiger partial charge on any atom is -0.478 e. The molecule has 1 saturated carbocycles. The average molecular weight is 544 g/mol. The molecule has 0 radical (unpaired) electrons. The van der Waals surface area contributed by atoms with Crippen LogP contribution in [0.2, 0.25) is 0 Å². The fourth-order valence-electron chi connectivity index (χ4n) is 5.03. The number of rotatable bonds is 8. The zero-order valence-electron chi connectivity index (χ0n) is 21.2. The van der Waals surface area contributed by atoms with Crippen molar-refractivity contribution < 1.29 is 18.3 Å². The lowest BCUT2D eigenvalue weighted by Gasteiger charge is -2.19. The van der Waals surface area contributed by atoms with Crippen molar-refractivity contribution in [1.29, 1.82) is 0 Å². The zero-order valence-corrected chi connectivity index (χ0v) is 22.0. The van der Waals surface area contributed by atoms with Gasteiger partial charge >= 0.3 is 5.97 Å². The molecule has 0 saturated heterocycles. The van der Waals surface area contributed by atoms with Crippen molar-refractivity contribution in [1.82, 2.24) is 34.1 Å². The van der Waals surface area contributed by atoms with Crippen LogP contribution in [0.15, 0.2) is 78.1 Å². The van der Waals surface area contributed by atoms with E-state index in [1.165, 1.54) is 17.5 Å². The number of sulfonamides is 1. The zero-order chi connectivity index (χ0) is 27.3. The van der Waals surface area contributed by atoms with Crippen molar-refractivity contribution in [3.63, 3.8) is 0 Å². The molecule has 6 rings (SSSR count). The van der Waals surface area contributed by atoms with Crippen molar-refractivity contribution in [2.24, 2.45) is 7.05 Å². The molecule has 3 heterocycles. The first-order valence-corrected chi connectivity index (χ1v) is 13.7. The fourth-order valence-corrected chi connectivity index (χ4v) is 6.35. The third kappa shape index (κ3) is 4.47. The summed E-state index contributed by atoms with van der Waals surface area (Å²) in [5, 5.41) is 23.2. The molecule has 2 aromatic carbocycles. The van der Waals surface area contributed by atoms with Crippen LogP contribution in [0, 0.1) is 0 Å². The highest BCUT2D eigenvalue weighted by Gasteiger charge is 2.46. The molecule has 1 aliphatic rings. The minimum atomic E-state index is -3.84. The summed E-state index contributed by atoms with van der Waals surface area (Å²) in [4.78, 5) is 16.5. The maximum absolute atomic E-state index is 13.5. The number of nitrogens with zero attached hydrogens (tertiary/aromatic N) is 7. The van der Waals surface area contributed by atoms with Gasteiger partial charge in [-0.15, -0.1) is 5.10 Å². The number of fused-ring (bicyclic) bond motifs is 1. The molecule has 0 bridgehead atoms. The van der Waals surface area contributed by atoms with E-state index in [-0.39, 0.29) is 28.8 Å². The van der Waals surface area contributed by atoms with Gasteiger partial charge in [0.2, 0.25) is 10.0 Å². The van der Waals surface area contributed by atoms with Gasteiger partial charge in [0.1, 0.15) is 10.5 Å². The molecule has 0 spiro atoms. The molecule has 5 aromatic rings. The molecule has 0 aliphatic heterocycles. The third-order valence-corrected chi connectivity index (χ3v) is 8.86. The van der Waals surface area contributed by atoms with Crippen LogP contribution < -0.4 is 0 Å². The molecule has 11 nitrogen and oxygen atoms in total. The highest BCUT2D eigenvalue weighted by Crippen LogP contribution is 2.55. The number of pyridine rings is 1. The lowest BCUT2D eigenvalue weighted by molar-refractivity contribution is 0.0695. The number of carboxylic acid groups (broad SMARTS) is 1. The van der Waals surface area contributed by atoms with E-state index in [0.29, 0.717) is 16.9 Å². The second-order valence-electron chi connectivity index (χ2n) is 9.69. The summed E-state index contributed by atoms with van der Waals surface area (Å²) in [7, 11) is -0.519. The first kappa shape index (κ1) is 24.9. The van der Waals surface area contributed by atoms with E-state index >= 15 is 0 Å². The van der Waals surface area contributed by atoms with Crippen molar-refractivity contribution in [2.45, 2.75) is 29.7 Å². The summed E-state index contributed by atoms with van der Waals surface area (Å²) in [5.74, 6) is -1.06. The number of carboxylic acids is 1. The molecule has 0 amide bonds. The van der Waals surface area contributed by atoms with E-state index in [2.05, 4.69) is 20.4 Å². The number of hydrogen-bond donors (Lipinski definition) is 1. The fraction of sp³-hybridized carbons (Fsp3) is 0.222. The molecule has 2 unspecified atom stereocenters.